The maximum absolute atomic E-state index is 5.04. The van der Waals surface area contributed by atoms with Crippen molar-refractivity contribution in [3.63, 3.8) is 0 Å². The van der Waals surface area contributed by atoms with Crippen LogP contribution in [0.2, 0.25) is 0 Å². The first kappa shape index (κ1) is 30.4. The first-order valence-corrected chi connectivity index (χ1v) is 17.4. The lowest BCUT2D eigenvalue weighted by molar-refractivity contribution is 1.07. The number of rotatable bonds is 6. The van der Waals surface area contributed by atoms with Crippen LogP contribution >= 0.6 is 0 Å². The van der Waals surface area contributed by atoms with Crippen molar-refractivity contribution < 1.29 is 0 Å². The van der Waals surface area contributed by atoms with E-state index < -0.39 is 0 Å². The van der Waals surface area contributed by atoms with Gasteiger partial charge in [0.05, 0.1) is 28.3 Å². The van der Waals surface area contributed by atoms with E-state index in [1.165, 1.54) is 5.39 Å². The lowest BCUT2D eigenvalue weighted by Gasteiger charge is -2.10. The maximum Gasteiger partial charge on any atom is 0.164 e. The fourth-order valence-electron chi connectivity index (χ4n) is 7.10. The molecule has 10 aromatic rings. The molecule has 0 fully saturated rings. The molecule has 0 atom stereocenters. The highest BCUT2D eigenvalue weighted by molar-refractivity contribution is 6.08. The predicted octanol–water partition coefficient (Wildman–Crippen LogP) is 10.6. The van der Waals surface area contributed by atoms with E-state index in [9.17, 15) is 0 Å². The van der Waals surface area contributed by atoms with Crippen LogP contribution in [0.4, 0.5) is 0 Å². The Kier molecular flexibility index (Phi) is 7.32. The van der Waals surface area contributed by atoms with Crippen LogP contribution in [0.15, 0.2) is 177 Å². The van der Waals surface area contributed by atoms with E-state index in [-0.39, 0.29) is 0 Å². The van der Waals surface area contributed by atoms with E-state index >= 15 is 0 Å². The molecule has 0 spiro atoms. The minimum atomic E-state index is 0.604. The van der Waals surface area contributed by atoms with Crippen molar-refractivity contribution in [2.75, 3.05) is 0 Å². The molecule has 248 valence electrons. The first-order valence-electron chi connectivity index (χ1n) is 17.4. The van der Waals surface area contributed by atoms with Gasteiger partial charge in [0, 0.05) is 52.4 Å². The third-order valence-corrected chi connectivity index (χ3v) is 9.74. The Morgan fingerprint density at radius 2 is 0.755 bits per heavy atom. The molecule has 5 aromatic carbocycles. The maximum atomic E-state index is 5.04. The van der Waals surface area contributed by atoms with Crippen LogP contribution in [0, 0.1) is 0 Å². The first-order chi connectivity index (χ1) is 26.3. The molecule has 0 bridgehead atoms. The Morgan fingerprint density at radius 3 is 1.28 bits per heavy atom. The average Bonchev–Trinajstić information content (AvgIpc) is 3.59. The summed E-state index contributed by atoms with van der Waals surface area (Å²) in [6.45, 7) is 0. The molecule has 53 heavy (non-hydrogen) atoms. The van der Waals surface area contributed by atoms with Crippen LogP contribution in [-0.4, -0.2) is 34.3 Å². The highest BCUT2D eigenvalue weighted by atomic mass is 15.0. The fourth-order valence-corrected chi connectivity index (χ4v) is 7.10. The standard InChI is InChI=1S/C46H29N7/c1-3-7-40-38(5-1)43(42-29-49-39-6-2-4-8-41(39)53(40)42)34-13-19-37(20-14-34)46-51-44(35-15-9-30(10-16-35)32-21-25-47-26-22-32)50-45(52-46)36-17-11-31(12-18-36)33-23-27-48-28-24-33/h1-29H. The monoisotopic (exact) mass is 679 g/mol. The van der Waals surface area contributed by atoms with Gasteiger partial charge in [-0.3, -0.25) is 15.0 Å². The van der Waals surface area contributed by atoms with Crippen LogP contribution in [0.5, 0.6) is 0 Å². The molecule has 0 saturated heterocycles. The van der Waals surface area contributed by atoms with Crippen molar-refractivity contribution >= 4 is 27.5 Å². The molecule has 0 N–H and O–H groups in total. The largest absolute Gasteiger partial charge is 0.306 e. The Bertz CT molecular complexity index is 2800. The summed E-state index contributed by atoms with van der Waals surface area (Å²) in [5.74, 6) is 1.82. The molecule has 10 rings (SSSR count). The quantitative estimate of drug-likeness (QED) is 0.174. The Morgan fingerprint density at radius 1 is 0.340 bits per heavy atom. The number of fused-ring (bicyclic) bond motifs is 5. The van der Waals surface area contributed by atoms with Crippen molar-refractivity contribution in [2.45, 2.75) is 0 Å². The highest BCUT2D eigenvalue weighted by Gasteiger charge is 2.17. The molecule has 7 heteroatoms. The summed E-state index contributed by atoms with van der Waals surface area (Å²) in [7, 11) is 0. The van der Waals surface area contributed by atoms with Gasteiger partial charge in [-0.1, -0.05) is 103 Å². The van der Waals surface area contributed by atoms with Gasteiger partial charge in [-0.15, -0.1) is 0 Å². The summed E-state index contributed by atoms with van der Waals surface area (Å²) in [6.07, 6.45) is 9.20. The Hall–Kier alpha value is -7.38. The van der Waals surface area contributed by atoms with Gasteiger partial charge < -0.3 is 4.40 Å². The summed E-state index contributed by atoms with van der Waals surface area (Å²) < 4.78 is 2.31. The van der Waals surface area contributed by atoms with Crippen molar-refractivity contribution in [1.82, 2.24) is 34.3 Å². The van der Waals surface area contributed by atoms with Crippen LogP contribution < -0.4 is 0 Å². The second kappa shape index (κ2) is 12.7. The summed E-state index contributed by atoms with van der Waals surface area (Å²) in [6, 6.07) is 50.0. The third-order valence-electron chi connectivity index (χ3n) is 9.74. The molecule has 0 saturated carbocycles. The second-order valence-corrected chi connectivity index (χ2v) is 12.9. The molecule has 5 heterocycles. The summed E-state index contributed by atoms with van der Waals surface area (Å²) in [5.41, 5.74) is 13.6. The molecular weight excluding hydrogens is 651 g/mol. The average molecular weight is 680 g/mol. The van der Waals surface area contributed by atoms with Gasteiger partial charge in [0.1, 0.15) is 0 Å². The lowest BCUT2D eigenvalue weighted by Crippen LogP contribution is -2.00. The van der Waals surface area contributed by atoms with Crippen LogP contribution in [-0.2, 0) is 0 Å². The van der Waals surface area contributed by atoms with E-state index in [2.05, 4.69) is 130 Å². The molecule has 7 nitrogen and oxygen atoms in total. The van der Waals surface area contributed by atoms with Crippen molar-refractivity contribution in [2.24, 2.45) is 0 Å². The molecule has 0 aliphatic carbocycles. The van der Waals surface area contributed by atoms with Crippen molar-refractivity contribution in [1.29, 1.82) is 0 Å². The molecule has 0 amide bonds. The van der Waals surface area contributed by atoms with E-state index in [0.717, 1.165) is 72.1 Å². The van der Waals surface area contributed by atoms with Crippen molar-refractivity contribution in [3.05, 3.63) is 177 Å². The van der Waals surface area contributed by atoms with Gasteiger partial charge in [0.15, 0.2) is 17.5 Å². The molecule has 0 radical (unpaired) electrons. The molecule has 5 aromatic heterocycles. The lowest BCUT2D eigenvalue weighted by atomic mass is 10.0. The summed E-state index contributed by atoms with van der Waals surface area (Å²) >= 11 is 0. The smallest absolute Gasteiger partial charge is 0.164 e. The number of benzene rings is 5. The minimum absolute atomic E-state index is 0.604. The third kappa shape index (κ3) is 5.48. The fraction of sp³-hybridized carbons (Fsp3) is 0. The van der Waals surface area contributed by atoms with Gasteiger partial charge in [0.25, 0.3) is 0 Å². The molecular formula is C46H29N7. The highest BCUT2D eigenvalue weighted by Crippen LogP contribution is 2.38. The predicted molar refractivity (Wildman–Crippen MR) is 212 cm³/mol. The number of nitrogens with zero attached hydrogens (tertiary/aromatic N) is 7. The zero-order chi connectivity index (χ0) is 35.1. The van der Waals surface area contributed by atoms with Crippen LogP contribution in [0.3, 0.4) is 0 Å². The number of pyridine rings is 2. The zero-order valence-electron chi connectivity index (χ0n) is 28.4. The Balaban J connectivity index is 1.08. The van der Waals surface area contributed by atoms with Crippen molar-refractivity contribution in [3.8, 4) is 67.5 Å². The molecule has 0 unspecified atom stereocenters. The summed E-state index contributed by atoms with van der Waals surface area (Å²) in [5, 5.41) is 1.17. The van der Waals surface area contributed by atoms with Gasteiger partial charge in [-0.05, 0) is 70.3 Å². The van der Waals surface area contributed by atoms with Gasteiger partial charge in [-0.25, -0.2) is 15.0 Å². The van der Waals surface area contributed by atoms with Gasteiger partial charge in [-0.2, -0.15) is 0 Å². The molecule has 0 aliphatic rings. The van der Waals surface area contributed by atoms with Gasteiger partial charge >= 0.3 is 0 Å². The topological polar surface area (TPSA) is 81.8 Å². The van der Waals surface area contributed by atoms with E-state index in [1.807, 2.05) is 36.5 Å². The van der Waals surface area contributed by atoms with Crippen LogP contribution in [0.1, 0.15) is 0 Å². The van der Waals surface area contributed by atoms with Gasteiger partial charge in [0.2, 0.25) is 0 Å². The summed E-state index contributed by atoms with van der Waals surface area (Å²) in [4.78, 5) is 28.2. The number of hydrogen-bond donors (Lipinski definition) is 0. The van der Waals surface area contributed by atoms with E-state index in [0.29, 0.717) is 17.5 Å². The number of hydrogen-bond acceptors (Lipinski definition) is 6. The number of aromatic nitrogens is 7. The zero-order valence-corrected chi connectivity index (χ0v) is 28.4. The van der Waals surface area contributed by atoms with E-state index in [1.54, 1.807) is 24.8 Å². The number of para-hydroxylation sites is 3. The SMILES string of the molecule is c1ccc2c(c1)ncc1c(-c3ccc(-c4nc(-c5ccc(-c6ccncc6)cc5)nc(-c5ccc(-c6ccncc6)cc5)n4)cc3)c3ccccc3n12. The van der Waals surface area contributed by atoms with E-state index in [4.69, 9.17) is 19.9 Å². The van der Waals surface area contributed by atoms with Crippen LogP contribution in [0.25, 0.3) is 95.0 Å². The normalized spacial score (nSPS) is 11.4. The minimum Gasteiger partial charge on any atom is -0.306 e. The molecule has 0 aliphatic heterocycles. The Labute approximate surface area is 305 Å². The second-order valence-electron chi connectivity index (χ2n) is 12.9.